The highest BCUT2D eigenvalue weighted by atomic mass is 16.5. The Kier molecular flexibility index (Phi) is 4.66. The molecule has 2 aromatic heterocycles. The van der Waals surface area contributed by atoms with E-state index in [4.69, 9.17) is 14.2 Å². The second-order valence-corrected chi connectivity index (χ2v) is 8.34. The molecule has 2 aromatic rings. The number of pyridine rings is 1. The highest BCUT2D eigenvalue weighted by molar-refractivity contribution is 5.61. The van der Waals surface area contributed by atoms with Crippen molar-refractivity contribution in [3.63, 3.8) is 0 Å². The van der Waals surface area contributed by atoms with Crippen LogP contribution in [-0.4, -0.2) is 67.6 Å². The Hall–Kier alpha value is -2.61. The van der Waals surface area contributed by atoms with E-state index in [9.17, 15) is 0 Å². The predicted molar refractivity (Wildman–Crippen MR) is 109 cm³/mol. The molecular weight excluding hydrogens is 370 g/mol. The maximum absolute atomic E-state index is 6.10. The van der Waals surface area contributed by atoms with E-state index in [1.165, 1.54) is 5.56 Å². The third kappa shape index (κ3) is 3.46. The van der Waals surface area contributed by atoms with Crippen molar-refractivity contribution >= 4 is 11.6 Å². The van der Waals surface area contributed by atoms with Crippen LogP contribution in [0, 0.1) is 12.3 Å². The third-order valence-corrected chi connectivity index (χ3v) is 6.16. The number of rotatable bonds is 5. The molecule has 3 aliphatic rings. The molecule has 0 bridgehead atoms. The summed E-state index contributed by atoms with van der Waals surface area (Å²) in [5.74, 6) is 3.50. The molecule has 29 heavy (non-hydrogen) atoms. The third-order valence-electron chi connectivity index (χ3n) is 6.16. The van der Waals surface area contributed by atoms with Crippen molar-refractivity contribution < 1.29 is 14.2 Å². The van der Waals surface area contributed by atoms with Gasteiger partial charge in [-0.1, -0.05) is 0 Å². The molecule has 0 radical (unpaired) electrons. The summed E-state index contributed by atoms with van der Waals surface area (Å²) in [6.45, 7) is 7.83. The molecule has 0 aromatic carbocycles. The number of hydrogen-bond acceptors (Lipinski definition) is 8. The lowest BCUT2D eigenvalue weighted by Crippen LogP contribution is -2.66. The highest BCUT2D eigenvalue weighted by Gasteiger charge is 2.49. The van der Waals surface area contributed by atoms with E-state index in [1.54, 1.807) is 19.6 Å². The van der Waals surface area contributed by atoms with Gasteiger partial charge in [-0.25, -0.2) is 15.0 Å². The summed E-state index contributed by atoms with van der Waals surface area (Å²) in [7, 11) is 1.61. The average Bonchev–Trinajstić information content (AvgIpc) is 2.68. The van der Waals surface area contributed by atoms with Gasteiger partial charge in [-0.3, -0.25) is 0 Å². The van der Waals surface area contributed by atoms with Crippen molar-refractivity contribution in [3.8, 4) is 11.6 Å². The number of anilines is 2. The van der Waals surface area contributed by atoms with Crippen molar-refractivity contribution in [2.24, 2.45) is 5.41 Å². The molecule has 5 rings (SSSR count). The van der Waals surface area contributed by atoms with E-state index in [1.807, 2.05) is 12.1 Å². The summed E-state index contributed by atoms with van der Waals surface area (Å²) in [4.78, 5) is 18.1. The zero-order chi connectivity index (χ0) is 19.8. The quantitative estimate of drug-likeness (QED) is 0.759. The maximum Gasteiger partial charge on any atom is 0.213 e. The van der Waals surface area contributed by atoms with Gasteiger partial charge in [-0.15, -0.1) is 0 Å². The first-order chi connectivity index (χ1) is 14.2. The molecule has 8 nitrogen and oxygen atoms in total. The van der Waals surface area contributed by atoms with Gasteiger partial charge < -0.3 is 24.0 Å². The van der Waals surface area contributed by atoms with E-state index >= 15 is 0 Å². The summed E-state index contributed by atoms with van der Waals surface area (Å²) < 4.78 is 16.6. The zero-order valence-electron chi connectivity index (χ0n) is 17.0. The fraction of sp³-hybridized carbons (Fsp3) is 0.571. The Bertz CT molecular complexity index is 855. The summed E-state index contributed by atoms with van der Waals surface area (Å²) >= 11 is 0. The van der Waals surface area contributed by atoms with Crippen LogP contribution in [0.1, 0.15) is 18.4 Å². The van der Waals surface area contributed by atoms with Gasteiger partial charge in [-0.05, 0) is 13.0 Å². The zero-order valence-corrected chi connectivity index (χ0v) is 17.0. The van der Waals surface area contributed by atoms with Crippen LogP contribution in [0.4, 0.5) is 11.6 Å². The molecule has 1 spiro atoms. The number of hydrogen-bond donors (Lipinski definition) is 0. The fourth-order valence-corrected chi connectivity index (χ4v) is 4.49. The van der Waals surface area contributed by atoms with Gasteiger partial charge in [0.25, 0.3) is 0 Å². The molecule has 0 aliphatic carbocycles. The van der Waals surface area contributed by atoms with Gasteiger partial charge in [0.1, 0.15) is 29.8 Å². The fourth-order valence-electron chi connectivity index (χ4n) is 4.49. The van der Waals surface area contributed by atoms with Crippen LogP contribution in [0.25, 0.3) is 0 Å². The first-order valence-electron chi connectivity index (χ1n) is 10.2. The van der Waals surface area contributed by atoms with Crippen LogP contribution < -0.4 is 19.3 Å². The molecular formula is C21H27N5O3. The smallest absolute Gasteiger partial charge is 0.213 e. The standard InChI is InChI=1S/C21H27N5O3/c1-15-19(23-14-24-20(15)26-10-21(11-26)12-28-13-21)25-7-5-16(6-8-25)29-17-3-4-18(27-2)22-9-17/h3-4,9,14,16H,5-8,10-13H2,1-2H3. The van der Waals surface area contributed by atoms with E-state index < -0.39 is 0 Å². The average molecular weight is 397 g/mol. The minimum absolute atomic E-state index is 0.192. The number of ether oxygens (including phenoxy) is 3. The van der Waals surface area contributed by atoms with Crippen molar-refractivity contribution in [3.05, 3.63) is 30.2 Å². The van der Waals surface area contributed by atoms with E-state index in [0.29, 0.717) is 11.3 Å². The minimum Gasteiger partial charge on any atom is -0.489 e. The normalized spacial score (nSPS) is 20.9. The first kappa shape index (κ1) is 18.4. The second kappa shape index (κ2) is 7.33. The lowest BCUT2D eigenvalue weighted by molar-refractivity contribution is -0.127. The Morgan fingerprint density at radius 3 is 2.34 bits per heavy atom. The molecule has 154 valence electrons. The Balaban J connectivity index is 1.20. The predicted octanol–water partition coefficient (Wildman–Crippen LogP) is 2.07. The summed E-state index contributed by atoms with van der Waals surface area (Å²) in [6, 6.07) is 3.73. The van der Waals surface area contributed by atoms with Crippen molar-refractivity contribution in [2.75, 3.05) is 56.3 Å². The molecule has 3 aliphatic heterocycles. The number of nitrogens with zero attached hydrogens (tertiary/aromatic N) is 5. The van der Waals surface area contributed by atoms with Gasteiger partial charge in [0.05, 0.1) is 31.9 Å². The number of piperidine rings is 1. The molecule has 8 heteroatoms. The molecule has 0 N–H and O–H groups in total. The lowest BCUT2D eigenvalue weighted by Gasteiger charge is -2.55. The van der Waals surface area contributed by atoms with Crippen molar-refractivity contribution in [1.82, 2.24) is 15.0 Å². The number of aromatic nitrogens is 3. The van der Waals surface area contributed by atoms with Crippen LogP contribution in [0.2, 0.25) is 0 Å². The Labute approximate surface area is 170 Å². The van der Waals surface area contributed by atoms with E-state index in [0.717, 1.165) is 69.6 Å². The first-order valence-corrected chi connectivity index (χ1v) is 10.2. The van der Waals surface area contributed by atoms with Crippen LogP contribution in [0.5, 0.6) is 11.6 Å². The van der Waals surface area contributed by atoms with Crippen LogP contribution >= 0.6 is 0 Å². The van der Waals surface area contributed by atoms with Crippen molar-refractivity contribution in [1.29, 1.82) is 0 Å². The monoisotopic (exact) mass is 397 g/mol. The minimum atomic E-state index is 0.192. The molecule has 3 saturated heterocycles. The topological polar surface area (TPSA) is 72.8 Å². The molecule has 0 unspecified atom stereocenters. The van der Waals surface area contributed by atoms with Gasteiger partial charge >= 0.3 is 0 Å². The maximum atomic E-state index is 6.10. The van der Waals surface area contributed by atoms with Crippen LogP contribution in [-0.2, 0) is 4.74 Å². The Morgan fingerprint density at radius 1 is 1.03 bits per heavy atom. The molecule has 5 heterocycles. The lowest BCUT2D eigenvalue weighted by atomic mass is 9.78. The molecule has 3 fully saturated rings. The summed E-state index contributed by atoms with van der Waals surface area (Å²) in [5, 5.41) is 0. The summed E-state index contributed by atoms with van der Waals surface area (Å²) in [5.41, 5.74) is 1.55. The number of methoxy groups -OCH3 is 1. The van der Waals surface area contributed by atoms with Gasteiger partial charge in [0, 0.05) is 50.7 Å². The molecule has 0 atom stereocenters. The van der Waals surface area contributed by atoms with E-state index in [2.05, 4.69) is 31.7 Å². The Morgan fingerprint density at radius 2 is 1.76 bits per heavy atom. The van der Waals surface area contributed by atoms with Crippen LogP contribution in [0.15, 0.2) is 24.7 Å². The van der Waals surface area contributed by atoms with Gasteiger partial charge in [-0.2, -0.15) is 0 Å². The largest absolute Gasteiger partial charge is 0.489 e. The van der Waals surface area contributed by atoms with Gasteiger partial charge in [0.2, 0.25) is 5.88 Å². The SMILES string of the molecule is COc1ccc(OC2CCN(c3ncnc(N4CC5(COC5)C4)c3C)CC2)cn1. The molecule has 0 amide bonds. The summed E-state index contributed by atoms with van der Waals surface area (Å²) in [6.07, 6.45) is 5.52. The van der Waals surface area contributed by atoms with E-state index in [-0.39, 0.29) is 6.10 Å². The molecule has 0 saturated carbocycles. The van der Waals surface area contributed by atoms with Crippen molar-refractivity contribution in [2.45, 2.75) is 25.9 Å². The van der Waals surface area contributed by atoms with Crippen LogP contribution in [0.3, 0.4) is 0 Å². The second-order valence-electron chi connectivity index (χ2n) is 8.34. The highest BCUT2D eigenvalue weighted by Crippen LogP contribution is 2.41. The van der Waals surface area contributed by atoms with Gasteiger partial charge in [0.15, 0.2) is 0 Å².